The number of hydrogen-bond acceptors (Lipinski definition) is 2. The van der Waals surface area contributed by atoms with Crippen LogP contribution in [0.15, 0.2) is 54.9 Å². The lowest BCUT2D eigenvalue weighted by Crippen LogP contribution is -2.33. The Hall–Kier alpha value is -2.55. The Morgan fingerprint density at radius 3 is 2.32 bits per heavy atom. The second-order valence-corrected chi connectivity index (χ2v) is 5.38. The molecule has 0 N–H and O–H groups in total. The van der Waals surface area contributed by atoms with E-state index in [4.69, 9.17) is 9.47 Å². The highest BCUT2D eigenvalue weighted by atomic mass is 16.5. The molecule has 0 saturated heterocycles. The first kappa shape index (κ1) is 14.4. The molecule has 0 saturated carbocycles. The number of nitrogens with zero attached hydrogens (tertiary/aromatic N) is 1. The van der Waals surface area contributed by atoms with Crippen molar-refractivity contribution in [2.75, 3.05) is 14.2 Å². The minimum absolute atomic E-state index is 0.768. The van der Waals surface area contributed by atoms with Crippen molar-refractivity contribution < 1.29 is 14.0 Å². The summed E-state index contributed by atoms with van der Waals surface area (Å²) in [5.74, 6) is 1.54. The Bertz CT molecular complexity index is 812. The van der Waals surface area contributed by atoms with Crippen LogP contribution < -0.4 is 14.0 Å². The minimum atomic E-state index is 0.768. The smallest absolute Gasteiger partial charge is 0.176 e. The fourth-order valence-corrected chi connectivity index (χ4v) is 2.67. The summed E-state index contributed by atoms with van der Waals surface area (Å²) in [5.41, 5.74) is 2.41. The van der Waals surface area contributed by atoms with Gasteiger partial charge in [-0.15, -0.1) is 0 Å². The highest BCUT2D eigenvalue weighted by Gasteiger charge is 2.12. The van der Waals surface area contributed by atoms with Crippen LogP contribution in [0.4, 0.5) is 0 Å². The molecule has 0 spiro atoms. The van der Waals surface area contributed by atoms with Crippen molar-refractivity contribution in [3.8, 4) is 11.5 Å². The number of fused-ring (bicyclic) bond motifs is 1. The summed E-state index contributed by atoms with van der Waals surface area (Å²) >= 11 is 0. The van der Waals surface area contributed by atoms with Gasteiger partial charge in [0.1, 0.15) is 0 Å². The monoisotopic (exact) mass is 294 g/mol. The van der Waals surface area contributed by atoms with E-state index >= 15 is 0 Å². The van der Waals surface area contributed by atoms with E-state index in [1.165, 1.54) is 21.9 Å². The average molecular weight is 294 g/mol. The van der Waals surface area contributed by atoms with Gasteiger partial charge in [0, 0.05) is 17.0 Å². The van der Waals surface area contributed by atoms with E-state index in [9.17, 15) is 0 Å². The summed E-state index contributed by atoms with van der Waals surface area (Å²) in [6, 6.07) is 14.6. The number of methoxy groups -OCH3 is 2. The maximum atomic E-state index is 5.41. The van der Waals surface area contributed by atoms with Crippen LogP contribution in [0, 0.1) is 6.92 Å². The van der Waals surface area contributed by atoms with Crippen LogP contribution in [0.2, 0.25) is 0 Å². The van der Waals surface area contributed by atoms with Gasteiger partial charge in [0.05, 0.1) is 14.2 Å². The number of aromatic nitrogens is 1. The maximum absolute atomic E-state index is 5.41. The van der Waals surface area contributed by atoms with Crippen LogP contribution in [0.25, 0.3) is 10.8 Å². The van der Waals surface area contributed by atoms with Crippen molar-refractivity contribution in [2.45, 2.75) is 13.5 Å². The quantitative estimate of drug-likeness (QED) is 0.687. The van der Waals surface area contributed by atoms with Gasteiger partial charge in [-0.05, 0) is 36.1 Å². The number of pyridine rings is 1. The minimum Gasteiger partial charge on any atom is -0.493 e. The van der Waals surface area contributed by atoms with Crippen molar-refractivity contribution in [3.63, 3.8) is 0 Å². The SMILES string of the molecule is COc1cc(C)c(C[n+]2ccc3ccccc3c2)cc1OC. The zero-order valence-electron chi connectivity index (χ0n) is 13.2. The largest absolute Gasteiger partial charge is 0.493 e. The van der Waals surface area contributed by atoms with Gasteiger partial charge in [0.2, 0.25) is 0 Å². The van der Waals surface area contributed by atoms with Gasteiger partial charge in [-0.25, -0.2) is 4.57 Å². The first-order valence-electron chi connectivity index (χ1n) is 7.30. The molecule has 0 aliphatic rings. The molecule has 0 unspecified atom stereocenters. The first-order chi connectivity index (χ1) is 10.7. The second kappa shape index (κ2) is 6.06. The van der Waals surface area contributed by atoms with Gasteiger partial charge >= 0.3 is 0 Å². The van der Waals surface area contributed by atoms with Gasteiger partial charge in [-0.1, -0.05) is 18.2 Å². The van der Waals surface area contributed by atoms with Crippen molar-refractivity contribution in [1.82, 2.24) is 0 Å². The van der Waals surface area contributed by atoms with Gasteiger partial charge < -0.3 is 9.47 Å². The summed E-state index contributed by atoms with van der Waals surface area (Å²) in [4.78, 5) is 0. The third-order valence-corrected chi connectivity index (χ3v) is 3.94. The van der Waals surface area contributed by atoms with Crippen molar-refractivity contribution in [3.05, 3.63) is 66.0 Å². The third-order valence-electron chi connectivity index (χ3n) is 3.94. The average Bonchev–Trinajstić information content (AvgIpc) is 2.56. The molecule has 22 heavy (non-hydrogen) atoms. The van der Waals surface area contributed by atoms with E-state index in [0.29, 0.717) is 0 Å². The fraction of sp³-hybridized carbons (Fsp3) is 0.211. The van der Waals surface area contributed by atoms with E-state index in [0.717, 1.165) is 18.0 Å². The predicted molar refractivity (Wildman–Crippen MR) is 87.5 cm³/mol. The van der Waals surface area contributed by atoms with Gasteiger partial charge in [0.25, 0.3) is 0 Å². The Kier molecular flexibility index (Phi) is 3.96. The molecule has 0 aliphatic carbocycles. The fourth-order valence-electron chi connectivity index (χ4n) is 2.67. The van der Waals surface area contributed by atoms with E-state index in [2.05, 4.69) is 60.3 Å². The highest BCUT2D eigenvalue weighted by molar-refractivity contribution is 5.80. The normalized spacial score (nSPS) is 10.7. The molecule has 0 amide bonds. The van der Waals surface area contributed by atoms with E-state index in [-0.39, 0.29) is 0 Å². The Morgan fingerprint density at radius 2 is 1.59 bits per heavy atom. The van der Waals surface area contributed by atoms with E-state index < -0.39 is 0 Å². The van der Waals surface area contributed by atoms with Gasteiger partial charge in [-0.2, -0.15) is 0 Å². The number of benzene rings is 2. The summed E-state index contributed by atoms with van der Waals surface area (Å²) in [6.45, 7) is 2.90. The third kappa shape index (κ3) is 2.75. The lowest BCUT2D eigenvalue weighted by Gasteiger charge is -2.11. The molecule has 0 atom stereocenters. The lowest BCUT2D eigenvalue weighted by molar-refractivity contribution is -0.687. The molecule has 0 aliphatic heterocycles. The Labute approximate surface area is 130 Å². The number of rotatable bonds is 4. The van der Waals surface area contributed by atoms with E-state index in [1.807, 2.05) is 6.07 Å². The van der Waals surface area contributed by atoms with Crippen LogP contribution in [0.3, 0.4) is 0 Å². The van der Waals surface area contributed by atoms with Crippen LogP contribution in [-0.2, 0) is 6.54 Å². The molecule has 1 heterocycles. The van der Waals surface area contributed by atoms with E-state index in [1.54, 1.807) is 14.2 Å². The maximum Gasteiger partial charge on any atom is 0.176 e. The lowest BCUT2D eigenvalue weighted by atomic mass is 10.1. The van der Waals surface area contributed by atoms with Gasteiger partial charge in [0.15, 0.2) is 30.4 Å². The molecule has 3 aromatic rings. The number of hydrogen-bond donors (Lipinski definition) is 0. The zero-order chi connectivity index (χ0) is 15.5. The molecule has 112 valence electrons. The Balaban J connectivity index is 1.97. The summed E-state index contributed by atoms with van der Waals surface area (Å²) < 4.78 is 12.9. The second-order valence-electron chi connectivity index (χ2n) is 5.38. The molecule has 3 nitrogen and oxygen atoms in total. The number of ether oxygens (including phenoxy) is 2. The topological polar surface area (TPSA) is 22.3 Å². The standard InChI is InChI=1S/C19H20NO2/c1-14-10-18(21-2)19(22-3)11-17(14)13-20-9-8-15-6-4-5-7-16(15)12-20/h4-12H,13H2,1-3H3/q+1. The molecular formula is C19H20NO2+. The molecule has 0 radical (unpaired) electrons. The molecule has 2 aromatic carbocycles. The Morgan fingerprint density at radius 1 is 0.909 bits per heavy atom. The molecular weight excluding hydrogens is 274 g/mol. The molecule has 0 bridgehead atoms. The molecule has 3 heteroatoms. The molecule has 3 rings (SSSR count). The summed E-state index contributed by atoms with van der Waals surface area (Å²) in [7, 11) is 3.33. The first-order valence-corrected chi connectivity index (χ1v) is 7.30. The van der Waals surface area contributed by atoms with Crippen LogP contribution in [-0.4, -0.2) is 14.2 Å². The zero-order valence-corrected chi connectivity index (χ0v) is 13.2. The predicted octanol–water partition coefficient (Wildman–Crippen LogP) is 3.50. The molecule has 1 aromatic heterocycles. The van der Waals surface area contributed by atoms with Crippen molar-refractivity contribution in [1.29, 1.82) is 0 Å². The van der Waals surface area contributed by atoms with Crippen LogP contribution in [0.5, 0.6) is 11.5 Å². The van der Waals surface area contributed by atoms with Crippen molar-refractivity contribution >= 4 is 10.8 Å². The molecule has 0 fully saturated rings. The summed E-state index contributed by atoms with van der Waals surface area (Å²) in [5, 5.41) is 2.49. The highest BCUT2D eigenvalue weighted by Crippen LogP contribution is 2.30. The number of aryl methyl sites for hydroxylation is 1. The van der Waals surface area contributed by atoms with Crippen molar-refractivity contribution in [2.24, 2.45) is 0 Å². The van der Waals surface area contributed by atoms with Crippen LogP contribution in [0.1, 0.15) is 11.1 Å². The summed E-state index contributed by atoms with van der Waals surface area (Å²) in [6.07, 6.45) is 4.28. The van der Waals surface area contributed by atoms with Gasteiger partial charge in [-0.3, -0.25) is 0 Å². The van der Waals surface area contributed by atoms with Crippen LogP contribution >= 0.6 is 0 Å².